The van der Waals surface area contributed by atoms with E-state index in [-0.39, 0.29) is 5.91 Å². The average Bonchev–Trinajstić information content (AvgIpc) is 2.66. The smallest absolute Gasteiger partial charge is 0.224 e. The van der Waals surface area contributed by atoms with Crippen LogP contribution in [-0.2, 0) is 11.3 Å². The molecule has 0 aliphatic carbocycles. The molecule has 0 saturated heterocycles. The minimum Gasteiger partial charge on any atom is -0.323 e. The van der Waals surface area contributed by atoms with E-state index in [4.69, 9.17) is 0 Å². The molecule has 15 heavy (non-hydrogen) atoms. The summed E-state index contributed by atoms with van der Waals surface area (Å²) in [5.74, 6) is 0.0425. The van der Waals surface area contributed by atoms with Crippen molar-refractivity contribution in [2.45, 2.75) is 26.3 Å². The van der Waals surface area contributed by atoms with Crippen molar-refractivity contribution in [2.24, 2.45) is 0 Å². The number of hydrogen-bond donors (Lipinski definition) is 2. The van der Waals surface area contributed by atoms with Crippen LogP contribution < -0.4 is 10.6 Å². The van der Waals surface area contributed by atoms with E-state index >= 15 is 0 Å². The zero-order valence-electron chi connectivity index (χ0n) is 9.29. The molecule has 0 unspecified atom stereocenters. The van der Waals surface area contributed by atoms with Crippen LogP contribution in [0.25, 0.3) is 0 Å². The molecule has 2 N–H and O–H groups in total. The second kappa shape index (κ2) is 6.19. The molecule has 5 nitrogen and oxygen atoms in total. The van der Waals surface area contributed by atoms with Crippen molar-refractivity contribution in [1.29, 1.82) is 0 Å². The van der Waals surface area contributed by atoms with Gasteiger partial charge >= 0.3 is 0 Å². The second-order valence-electron chi connectivity index (χ2n) is 3.34. The van der Waals surface area contributed by atoms with Crippen LogP contribution in [0.3, 0.4) is 0 Å². The van der Waals surface area contributed by atoms with Crippen LogP contribution in [0.2, 0.25) is 0 Å². The summed E-state index contributed by atoms with van der Waals surface area (Å²) in [4.78, 5) is 11.4. The number of aryl methyl sites for hydroxylation is 1. The zero-order chi connectivity index (χ0) is 11.1. The fourth-order valence-corrected chi connectivity index (χ4v) is 1.25. The average molecular weight is 210 g/mol. The minimum absolute atomic E-state index is 0.0425. The number of rotatable bonds is 6. The number of carbonyl (C=O) groups excluding carboxylic acids is 1. The SMILES string of the molecule is CCn1cc(NC(=O)CCCNC)cn1. The molecule has 0 aliphatic rings. The summed E-state index contributed by atoms with van der Waals surface area (Å²) < 4.78 is 1.78. The van der Waals surface area contributed by atoms with Gasteiger partial charge in [-0.3, -0.25) is 9.48 Å². The van der Waals surface area contributed by atoms with E-state index in [1.165, 1.54) is 0 Å². The molecule has 0 radical (unpaired) electrons. The Bertz CT molecular complexity index is 308. The first-order valence-electron chi connectivity index (χ1n) is 5.23. The number of nitrogens with one attached hydrogen (secondary N) is 2. The summed E-state index contributed by atoms with van der Waals surface area (Å²) in [5.41, 5.74) is 0.770. The summed E-state index contributed by atoms with van der Waals surface area (Å²) in [5, 5.41) is 9.88. The highest BCUT2D eigenvalue weighted by atomic mass is 16.1. The van der Waals surface area contributed by atoms with Crippen molar-refractivity contribution < 1.29 is 4.79 Å². The van der Waals surface area contributed by atoms with Gasteiger partial charge in [0.2, 0.25) is 5.91 Å². The maximum absolute atomic E-state index is 11.4. The summed E-state index contributed by atoms with van der Waals surface area (Å²) in [7, 11) is 1.88. The molecule has 0 aliphatic heterocycles. The van der Waals surface area contributed by atoms with Crippen LogP contribution in [0, 0.1) is 0 Å². The van der Waals surface area contributed by atoms with Crippen LogP contribution in [0.15, 0.2) is 12.4 Å². The van der Waals surface area contributed by atoms with Gasteiger partial charge in [-0.05, 0) is 26.9 Å². The Balaban J connectivity index is 2.31. The number of hydrogen-bond acceptors (Lipinski definition) is 3. The lowest BCUT2D eigenvalue weighted by molar-refractivity contribution is -0.116. The maximum atomic E-state index is 11.4. The zero-order valence-corrected chi connectivity index (χ0v) is 9.29. The molecule has 5 heteroatoms. The predicted molar refractivity (Wildman–Crippen MR) is 59.7 cm³/mol. The molecule has 1 aromatic rings. The van der Waals surface area contributed by atoms with Gasteiger partial charge in [-0.25, -0.2) is 0 Å². The summed E-state index contributed by atoms with van der Waals surface area (Å²) in [6, 6.07) is 0. The molecular weight excluding hydrogens is 192 g/mol. The number of amides is 1. The predicted octanol–water partition coefficient (Wildman–Crippen LogP) is 0.841. The third-order valence-electron chi connectivity index (χ3n) is 2.07. The van der Waals surface area contributed by atoms with Crippen molar-refractivity contribution in [3.8, 4) is 0 Å². The van der Waals surface area contributed by atoms with Gasteiger partial charge in [-0.1, -0.05) is 0 Å². The van der Waals surface area contributed by atoms with Crippen LogP contribution >= 0.6 is 0 Å². The fraction of sp³-hybridized carbons (Fsp3) is 0.600. The lowest BCUT2D eigenvalue weighted by Crippen LogP contribution is -2.14. The number of aromatic nitrogens is 2. The summed E-state index contributed by atoms with van der Waals surface area (Å²) in [6.07, 6.45) is 4.89. The molecule has 0 spiro atoms. The molecule has 1 heterocycles. The molecule has 1 amide bonds. The van der Waals surface area contributed by atoms with E-state index in [0.717, 1.165) is 25.2 Å². The van der Waals surface area contributed by atoms with E-state index in [9.17, 15) is 4.79 Å². The Kier molecular flexibility index (Phi) is 4.83. The van der Waals surface area contributed by atoms with Gasteiger partial charge in [0.05, 0.1) is 11.9 Å². The Morgan fingerprint density at radius 3 is 3.00 bits per heavy atom. The highest BCUT2D eigenvalue weighted by molar-refractivity contribution is 5.90. The van der Waals surface area contributed by atoms with Crippen molar-refractivity contribution in [1.82, 2.24) is 15.1 Å². The van der Waals surface area contributed by atoms with Gasteiger partial charge in [0.15, 0.2) is 0 Å². The molecule has 0 fully saturated rings. The minimum atomic E-state index is 0.0425. The van der Waals surface area contributed by atoms with Gasteiger partial charge in [-0.2, -0.15) is 5.10 Å². The van der Waals surface area contributed by atoms with Gasteiger partial charge in [-0.15, -0.1) is 0 Å². The molecule has 0 bridgehead atoms. The van der Waals surface area contributed by atoms with Gasteiger partial charge in [0.25, 0.3) is 0 Å². The molecule has 1 aromatic heterocycles. The molecular formula is C10H18N4O. The van der Waals surface area contributed by atoms with Gasteiger partial charge in [0.1, 0.15) is 0 Å². The number of anilines is 1. The van der Waals surface area contributed by atoms with Crippen molar-refractivity contribution in [3.05, 3.63) is 12.4 Å². The fourth-order valence-electron chi connectivity index (χ4n) is 1.25. The van der Waals surface area contributed by atoms with Crippen LogP contribution in [-0.4, -0.2) is 29.3 Å². The normalized spacial score (nSPS) is 10.3. The van der Waals surface area contributed by atoms with Crippen LogP contribution in [0.1, 0.15) is 19.8 Å². The Labute approximate surface area is 89.9 Å². The number of carbonyl (C=O) groups is 1. The van der Waals surface area contributed by atoms with E-state index in [1.807, 2.05) is 20.2 Å². The van der Waals surface area contributed by atoms with Crippen LogP contribution in [0.5, 0.6) is 0 Å². The summed E-state index contributed by atoms with van der Waals surface area (Å²) >= 11 is 0. The molecule has 1 rings (SSSR count). The quantitative estimate of drug-likeness (QED) is 0.684. The van der Waals surface area contributed by atoms with Crippen molar-refractivity contribution >= 4 is 11.6 Å². The summed E-state index contributed by atoms with van der Waals surface area (Å²) in [6.45, 7) is 3.68. The first-order valence-corrected chi connectivity index (χ1v) is 5.23. The third-order valence-corrected chi connectivity index (χ3v) is 2.07. The monoisotopic (exact) mass is 210 g/mol. The lowest BCUT2D eigenvalue weighted by Gasteiger charge is -2.01. The van der Waals surface area contributed by atoms with Crippen molar-refractivity contribution in [2.75, 3.05) is 18.9 Å². The Morgan fingerprint density at radius 2 is 2.40 bits per heavy atom. The standard InChI is InChI=1S/C10H18N4O/c1-3-14-8-9(7-12-14)13-10(15)5-4-6-11-2/h7-8,11H,3-6H2,1-2H3,(H,13,15). The van der Waals surface area contributed by atoms with Gasteiger partial charge < -0.3 is 10.6 Å². The first-order chi connectivity index (χ1) is 7.26. The third kappa shape index (κ3) is 4.12. The molecule has 84 valence electrons. The highest BCUT2D eigenvalue weighted by Crippen LogP contribution is 2.05. The number of nitrogens with zero attached hydrogens (tertiary/aromatic N) is 2. The second-order valence-corrected chi connectivity index (χ2v) is 3.34. The maximum Gasteiger partial charge on any atom is 0.224 e. The first kappa shape index (κ1) is 11.7. The molecule has 0 saturated carbocycles. The Morgan fingerprint density at radius 1 is 1.60 bits per heavy atom. The highest BCUT2D eigenvalue weighted by Gasteiger charge is 2.03. The molecule has 0 atom stereocenters. The Hall–Kier alpha value is -1.36. The largest absolute Gasteiger partial charge is 0.323 e. The van der Waals surface area contributed by atoms with E-state index in [2.05, 4.69) is 15.7 Å². The lowest BCUT2D eigenvalue weighted by atomic mass is 10.3. The van der Waals surface area contributed by atoms with E-state index < -0.39 is 0 Å². The topological polar surface area (TPSA) is 59.0 Å². The van der Waals surface area contributed by atoms with Crippen molar-refractivity contribution in [3.63, 3.8) is 0 Å². The van der Waals surface area contributed by atoms with E-state index in [1.54, 1.807) is 10.9 Å². The van der Waals surface area contributed by atoms with Gasteiger partial charge in [0, 0.05) is 19.2 Å². The van der Waals surface area contributed by atoms with Crippen LogP contribution in [0.4, 0.5) is 5.69 Å². The molecule has 0 aromatic carbocycles. The van der Waals surface area contributed by atoms with E-state index in [0.29, 0.717) is 6.42 Å².